The third-order valence-corrected chi connectivity index (χ3v) is 8.13. The van der Waals surface area contributed by atoms with Crippen molar-refractivity contribution in [2.24, 2.45) is 15.9 Å². The Balaban J connectivity index is 1.40. The van der Waals surface area contributed by atoms with Crippen LogP contribution in [0.15, 0.2) is 22.6 Å². The highest BCUT2D eigenvalue weighted by molar-refractivity contribution is 6.03. The normalized spacial score (nSPS) is 31.0. The van der Waals surface area contributed by atoms with E-state index in [1.807, 2.05) is 13.1 Å². The molecule has 0 N–H and O–H groups in total. The first kappa shape index (κ1) is 22.0. The molecule has 1 saturated carbocycles. The van der Waals surface area contributed by atoms with E-state index in [9.17, 15) is 0 Å². The van der Waals surface area contributed by atoms with Crippen molar-refractivity contribution in [1.82, 2.24) is 14.7 Å². The third kappa shape index (κ3) is 4.67. The molecule has 2 bridgehead atoms. The van der Waals surface area contributed by atoms with Gasteiger partial charge in [0.15, 0.2) is 0 Å². The van der Waals surface area contributed by atoms with Crippen molar-refractivity contribution in [3.8, 4) is 0 Å². The van der Waals surface area contributed by atoms with E-state index in [1.54, 1.807) is 0 Å². The van der Waals surface area contributed by atoms with Crippen molar-refractivity contribution in [3.05, 3.63) is 12.7 Å². The number of aliphatic imine (C=N–C) groups is 2. The van der Waals surface area contributed by atoms with Gasteiger partial charge in [0.25, 0.3) is 0 Å². The topological polar surface area (TPSA) is 34.4 Å². The molecule has 3 aliphatic heterocycles. The Kier molecular flexibility index (Phi) is 7.30. The number of nitrogens with zero attached hydrogens (tertiary/aromatic N) is 5. The number of piperazine rings is 1. The summed E-state index contributed by atoms with van der Waals surface area (Å²) in [5.74, 6) is 2.62. The van der Waals surface area contributed by atoms with Crippen molar-refractivity contribution in [3.63, 3.8) is 0 Å². The van der Waals surface area contributed by atoms with Gasteiger partial charge in [0.2, 0.25) is 0 Å². The van der Waals surface area contributed by atoms with Crippen LogP contribution in [-0.2, 0) is 0 Å². The zero-order valence-corrected chi connectivity index (χ0v) is 19.6. The second kappa shape index (κ2) is 9.95. The van der Waals surface area contributed by atoms with Gasteiger partial charge in [-0.3, -0.25) is 9.89 Å². The largest absolute Gasteiger partial charge is 0.348 e. The average molecular weight is 414 g/mol. The maximum absolute atomic E-state index is 5.15. The zero-order chi connectivity index (χ0) is 21.1. The van der Waals surface area contributed by atoms with Gasteiger partial charge in [0, 0.05) is 50.2 Å². The predicted molar refractivity (Wildman–Crippen MR) is 128 cm³/mol. The summed E-state index contributed by atoms with van der Waals surface area (Å²) in [7, 11) is 1.93. The molecule has 1 aliphatic carbocycles. The molecule has 0 aromatic carbocycles. The molecule has 0 spiro atoms. The second-order valence-electron chi connectivity index (χ2n) is 10.2. The van der Waals surface area contributed by atoms with Crippen LogP contribution in [-0.4, -0.2) is 83.8 Å². The molecule has 4 aliphatic rings. The first-order valence-electron chi connectivity index (χ1n) is 12.5. The van der Waals surface area contributed by atoms with Gasteiger partial charge in [-0.25, -0.2) is 4.99 Å². The van der Waals surface area contributed by atoms with Crippen molar-refractivity contribution < 1.29 is 0 Å². The van der Waals surface area contributed by atoms with Crippen LogP contribution < -0.4 is 0 Å². The minimum Gasteiger partial charge on any atom is -0.348 e. The van der Waals surface area contributed by atoms with E-state index in [1.165, 1.54) is 70.9 Å². The highest BCUT2D eigenvalue weighted by Gasteiger charge is 2.41. The van der Waals surface area contributed by atoms with E-state index in [2.05, 4.69) is 40.1 Å². The number of fused-ring (bicyclic) bond motifs is 2. The summed E-state index contributed by atoms with van der Waals surface area (Å²) in [6, 6.07) is 2.62. The molecule has 2 unspecified atom stereocenters. The average Bonchev–Trinajstić information content (AvgIpc) is 3.03. The fraction of sp³-hybridized carbons (Fsp3) is 0.840. The first-order valence-corrected chi connectivity index (χ1v) is 12.5. The first-order chi connectivity index (χ1) is 14.6. The van der Waals surface area contributed by atoms with Crippen LogP contribution >= 0.6 is 0 Å². The monoisotopic (exact) mass is 413 g/mol. The van der Waals surface area contributed by atoms with Crippen LogP contribution in [0.4, 0.5) is 0 Å². The van der Waals surface area contributed by atoms with Crippen LogP contribution in [0.2, 0.25) is 0 Å². The van der Waals surface area contributed by atoms with Gasteiger partial charge in [-0.2, -0.15) is 0 Å². The molecule has 0 amide bonds. The molecule has 4 fully saturated rings. The summed E-state index contributed by atoms with van der Waals surface area (Å²) in [4.78, 5) is 17.8. The quantitative estimate of drug-likeness (QED) is 0.512. The van der Waals surface area contributed by atoms with E-state index in [0.717, 1.165) is 30.8 Å². The van der Waals surface area contributed by atoms with Crippen LogP contribution in [0.5, 0.6) is 0 Å². The molecule has 3 heterocycles. The van der Waals surface area contributed by atoms with Crippen LogP contribution in [0.25, 0.3) is 0 Å². The molecule has 3 saturated heterocycles. The molecule has 2 atom stereocenters. The molecule has 30 heavy (non-hydrogen) atoms. The van der Waals surface area contributed by atoms with Crippen LogP contribution in [0.1, 0.15) is 71.6 Å². The molecule has 5 nitrogen and oxygen atoms in total. The molecular weight excluding hydrogens is 370 g/mol. The van der Waals surface area contributed by atoms with E-state index in [0.29, 0.717) is 24.0 Å². The molecule has 0 radical (unpaired) electrons. The minimum atomic E-state index is 0.499. The molecule has 168 valence electrons. The highest BCUT2D eigenvalue weighted by Crippen LogP contribution is 2.32. The summed E-state index contributed by atoms with van der Waals surface area (Å²) >= 11 is 0. The second-order valence-corrected chi connectivity index (χ2v) is 10.2. The van der Waals surface area contributed by atoms with Gasteiger partial charge in [0.05, 0.1) is 0 Å². The van der Waals surface area contributed by atoms with E-state index < -0.39 is 0 Å². The number of hydrogen-bond acceptors (Lipinski definition) is 3. The smallest absolute Gasteiger partial charge is 0.130 e. The fourth-order valence-corrected chi connectivity index (χ4v) is 6.35. The Morgan fingerprint density at radius 3 is 2.07 bits per heavy atom. The fourth-order valence-electron chi connectivity index (χ4n) is 6.35. The van der Waals surface area contributed by atoms with Crippen molar-refractivity contribution in [1.29, 1.82) is 0 Å². The minimum absolute atomic E-state index is 0.499. The zero-order valence-electron chi connectivity index (χ0n) is 19.6. The lowest BCUT2D eigenvalue weighted by molar-refractivity contribution is 0.0961. The maximum atomic E-state index is 5.15. The Labute approximate surface area is 184 Å². The summed E-state index contributed by atoms with van der Waals surface area (Å²) in [6.45, 7) is 13.5. The molecule has 0 aromatic heterocycles. The Morgan fingerprint density at radius 1 is 0.900 bits per heavy atom. The number of piperidine rings is 1. The summed E-state index contributed by atoms with van der Waals surface area (Å²) < 4.78 is 0. The number of likely N-dealkylation sites (tertiary alicyclic amines) is 2. The molecule has 0 aromatic rings. The van der Waals surface area contributed by atoms with E-state index in [4.69, 9.17) is 4.99 Å². The van der Waals surface area contributed by atoms with Gasteiger partial charge in [-0.1, -0.05) is 25.8 Å². The van der Waals surface area contributed by atoms with Gasteiger partial charge < -0.3 is 9.80 Å². The van der Waals surface area contributed by atoms with Gasteiger partial charge in [-0.05, 0) is 71.5 Å². The lowest BCUT2D eigenvalue weighted by atomic mass is 9.89. The van der Waals surface area contributed by atoms with Gasteiger partial charge >= 0.3 is 0 Å². The maximum Gasteiger partial charge on any atom is 0.130 e. The van der Waals surface area contributed by atoms with Crippen molar-refractivity contribution in [2.45, 2.75) is 95.8 Å². The Hall–Kier alpha value is -1.20. The standard InChI is InChI=1S/C25H43N5/c1-5-24(30-22-11-12-23(30)18-29(17-22)19(2)3)27-25(26-4)20-13-15-28(16-14-20)21-9-7-6-8-10-21/h5,19-23H,1,6-18H2,2-4H3/b26-25-,27-24+. The number of amidine groups is 2. The van der Waals surface area contributed by atoms with Gasteiger partial charge in [-0.15, -0.1) is 0 Å². The highest BCUT2D eigenvalue weighted by atomic mass is 15.4. The number of rotatable bonds is 4. The Morgan fingerprint density at radius 2 is 1.53 bits per heavy atom. The SMILES string of the molecule is C=C/C(=N\C(=N/C)C1CCN(C2CCCCC2)CC1)N1C2CCC1CN(C(C)C)C2. The van der Waals surface area contributed by atoms with Crippen LogP contribution in [0.3, 0.4) is 0 Å². The number of hydrogen-bond donors (Lipinski definition) is 0. The lowest BCUT2D eigenvalue weighted by Gasteiger charge is -2.44. The summed E-state index contributed by atoms with van der Waals surface area (Å²) in [6.07, 6.45) is 14.0. The predicted octanol–water partition coefficient (Wildman–Crippen LogP) is 4.20. The van der Waals surface area contributed by atoms with E-state index >= 15 is 0 Å². The third-order valence-electron chi connectivity index (χ3n) is 8.13. The van der Waals surface area contributed by atoms with Crippen molar-refractivity contribution >= 4 is 11.7 Å². The lowest BCUT2D eigenvalue weighted by Crippen LogP contribution is -2.57. The van der Waals surface area contributed by atoms with Crippen LogP contribution in [0, 0.1) is 5.92 Å². The van der Waals surface area contributed by atoms with Crippen molar-refractivity contribution in [2.75, 3.05) is 33.2 Å². The summed E-state index contributed by atoms with van der Waals surface area (Å²) in [5.41, 5.74) is 0. The van der Waals surface area contributed by atoms with E-state index in [-0.39, 0.29) is 0 Å². The molecule has 4 rings (SSSR count). The molecule has 5 heteroatoms. The molecular formula is C25H43N5. The summed E-state index contributed by atoms with van der Waals surface area (Å²) in [5, 5.41) is 0. The Bertz CT molecular complexity index is 626. The van der Waals surface area contributed by atoms with Gasteiger partial charge in [0.1, 0.15) is 11.7 Å².